The van der Waals surface area contributed by atoms with Crippen LogP contribution >= 0.6 is 0 Å². The lowest BCUT2D eigenvalue weighted by Gasteiger charge is -2.25. The lowest BCUT2D eigenvalue weighted by atomic mass is 9.95. The summed E-state index contributed by atoms with van der Waals surface area (Å²) in [5.74, 6) is 3.14. The third-order valence-corrected chi connectivity index (χ3v) is 4.02. The fourth-order valence-corrected chi connectivity index (χ4v) is 2.80. The molecule has 1 fully saturated rings. The third-order valence-electron chi connectivity index (χ3n) is 4.02. The lowest BCUT2D eigenvalue weighted by Crippen LogP contribution is -2.31. The van der Waals surface area contributed by atoms with Crippen molar-refractivity contribution < 1.29 is 9.47 Å². The SMILES string of the molecule is CCc1nc(C(C)(C)C)nc2c1OCC1COCCN2C1. The number of hydrogen-bond acceptors (Lipinski definition) is 5. The van der Waals surface area contributed by atoms with Crippen molar-refractivity contribution in [1.82, 2.24) is 9.97 Å². The Balaban J connectivity index is 2.10. The highest BCUT2D eigenvalue weighted by atomic mass is 16.5. The second-order valence-electron chi connectivity index (χ2n) is 6.95. The van der Waals surface area contributed by atoms with E-state index in [2.05, 4.69) is 32.6 Å². The molecule has 0 N–H and O–H groups in total. The van der Waals surface area contributed by atoms with Gasteiger partial charge in [0.25, 0.3) is 0 Å². The van der Waals surface area contributed by atoms with Gasteiger partial charge in [0.15, 0.2) is 11.6 Å². The minimum absolute atomic E-state index is 0.0625. The van der Waals surface area contributed by atoms with Crippen LogP contribution in [0.4, 0.5) is 5.82 Å². The smallest absolute Gasteiger partial charge is 0.183 e. The normalized spacial score (nSPS) is 22.1. The predicted molar refractivity (Wildman–Crippen MR) is 82.1 cm³/mol. The minimum Gasteiger partial charge on any atom is -0.487 e. The van der Waals surface area contributed by atoms with E-state index >= 15 is 0 Å². The van der Waals surface area contributed by atoms with Crippen molar-refractivity contribution >= 4 is 5.82 Å². The Morgan fingerprint density at radius 1 is 1.24 bits per heavy atom. The van der Waals surface area contributed by atoms with E-state index in [9.17, 15) is 0 Å². The Morgan fingerprint density at radius 2 is 2.05 bits per heavy atom. The molecular formula is C16H25N3O2. The molecule has 5 nitrogen and oxygen atoms in total. The molecule has 1 aromatic rings. The van der Waals surface area contributed by atoms with Crippen LogP contribution in [0.1, 0.15) is 39.2 Å². The first-order valence-corrected chi connectivity index (χ1v) is 7.86. The molecule has 0 spiro atoms. The fourth-order valence-electron chi connectivity index (χ4n) is 2.80. The van der Waals surface area contributed by atoms with Crippen LogP contribution in [0, 0.1) is 5.92 Å². The van der Waals surface area contributed by atoms with Crippen molar-refractivity contribution in [3.63, 3.8) is 0 Å². The molecule has 1 unspecified atom stereocenters. The van der Waals surface area contributed by atoms with Crippen LogP contribution in [0.2, 0.25) is 0 Å². The van der Waals surface area contributed by atoms with Crippen molar-refractivity contribution in [3.05, 3.63) is 11.5 Å². The monoisotopic (exact) mass is 291 g/mol. The van der Waals surface area contributed by atoms with E-state index in [1.807, 2.05) is 0 Å². The Bertz CT molecular complexity index is 525. The number of hydrogen-bond donors (Lipinski definition) is 0. The van der Waals surface area contributed by atoms with E-state index < -0.39 is 0 Å². The molecule has 0 radical (unpaired) electrons. The molecule has 21 heavy (non-hydrogen) atoms. The van der Waals surface area contributed by atoms with Gasteiger partial charge in [-0.3, -0.25) is 0 Å². The van der Waals surface area contributed by atoms with Crippen LogP contribution in [0.25, 0.3) is 0 Å². The maximum Gasteiger partial charge on any atom is 0.183 e. The summed E-state index contributed by atoms with van der Waals surface area (Å²) in [5, 5.41) is 0. The predicted octanol–water partition coefficient (Wildman–Crippen LogP) is 2.18. The molecule has 3 rings (SSSR count). The molecule has 0 aliphatic carbocycles. The fraction of sp³-hybridized carbons (Fsp3) is 0.750. The number of anilines is 1. The minimum atomic E-state index is -0.0625. The second kappa shape index (κ2) is 5.44. The zero-order valence-corrected chi connectivity index (χ0v) is 13.5. The third kappa shape index (κ3) is 2.84. The van der Waals surface area contributed by atoms with E-state index in [4.69, 9.17) is 19.4 Å². The summed E-state index contributed by atoms with van der Waals surface area (Å²) in [6, 6.07) is 0. The summed E-state index contributed by atoms with van der Waals surface area (Å²) in [7, 11) is 0. The van der Waals surface area contributed by atoms with E-state index in [1.165, 1.54) is 0 Å². The van der Waals surface area contributed by atoms with Gasteiger partial charge in [-0.25, -0.2) is 9.97 Å². The summed E-state index contributed by atoms with van der Waals surface area (Å²) in [4.78, 5) is 11.9. The van der Waals surface area contributed by atoms with Crippen molar-refractivity contribution in [2.75, 3.05) is 37.8 Å². The van der Waals surface area contributed by atoms with Gasteiger partial charge in [0.2, 0.25) is 0 Å². The van der Waals surface area contributed by atoms with Crippen LogP contribution in [-0.4, -0.2) is 42.9 Å². The average Bonchev–Trinajstić information content (AvgIpc) is 2.78. The topological polar surface area (TPSA) is 47.5 Å². The van der Waals surface area contributed by atoms with Gasteiger partial charge in [0, 0.05) is 24.4 Å². The molecule has 1 aromatic heterocycles. The number of rotatable bonds is 1. The van der Waals surface area contributed by atoms with Crippen LogP contribution in [0.15, 0.2) is 0 Å². The standard InChI is InChI=1S/C16H25N3O2/c1-5-12-13-14(18-15(17-12)16(2,3)4)19-6-7-20-9-11(8-19)10-21-13/h11H,5-10H2,1-4H3. The molecule has 2 aliphatic rings. The van der Waals surface area contributed by atoms with Gasteiger partial charge in [0.1, 0.15) is 5.82 Å². The molecular weight excluding hydrogens is 266 g/mol. The number of ether oxygens (including phenoxy) is 2. The summed E-state index contributed by atoms with van der Waals surface area (Å²) in [5.41, 5.74) is 0.963. The van der Waals surface area contributed by atoms with E-state index in [1.54, 1.807) is 0 Å². The molecule has 0 aromatic carbocycles. The summed E-state index contributed by atoms with van der Waals surface area (Å²) in [6.45, 7) is 12.6. The van der Waals surface area contributed by atoms with Crippen molar-refractivity contribution in [3.8, 4) is 5.75 Å². The number of aromatic nitrogens is 2. The van der Waals surface area contributed by atoms with Gasteiger partial charge in [-0.2, -0.15) is 0 Å². The highest BCUT2D eigenvalue weighted by Crippen LogP contribution is 2.36. The first-order valence-electron chi connectivity index (χ1n) is 7.86. The van der Waals surface area contributed by atoms with Gasteiger partial charge >= 0.3 is 0 Å². The first kappa shape index (κ1) is 14.6. The average molecular weight is 291 g/mol. The Labute approximate surface area is 126 Å². The molecule has 2 bridgehead atoms. The number of fused-ring (bicyclic) bond motifs is 4. The highest BCUT2D eigenvalue weighted by molar-refractivity contribution is 5.56. The summed E-state index contributed by atoms with van der Waals surface area (Å²) in [6.07, 6.45) is 0.864. The number of nitrogens with zero attached hydrogens (tertiary/aromatic N) is 3. The zero-order valence-electron chi connectivity index (χ0n) is 13.5. The van der Waals surface area contributed by atoms with Crippen molar-refractivity contribution in [1.29, 1.82) is 0 Å². The summed E-state index contributed by atoms with van der Waals surface area (Å²) >= 11 is 0. The quantitative estimate of drug-likeness (QED) is 0.793. The molecule has 0 amide bonds. The second-order valence-corrected chi connectivity index (χ2v) is 6.95. The Hall–Kier alpha value is -1.36. The largest absolute Gasteiger partial charge is 0.487 e. The van der Waals surface area contributed by atoms with Gasteiger partial charge in [0.05, 0.1) is 25.5 Å². The van der Waals surface area contributed by atoms with Crippen molar-refractivity contribution in [2.45, 2.75) is 39.5 Å². The molecule has 2 aliphatic heterocycles. The van der Waals surface area contributed by atoms with Crippen molar-refractivity contribution in [2.24, 2.45) is 5.92 Å². The Morgan fingerprint density at radius 3 is 2.76 bits per heavy atom. The lowest BCUT2D eigenvalue weighted by molar-refractivity contribution is 0.101. The maximum absolute atomic E-state index is 6.06. The van der Waals surface area contributed by atoms with E-state index in [-0.39, 0.29) is 5.41 Å². The van der Waals surface area contributed by atoms with E-state index in [0.29, 0.717) is 12.5 Å². The van der Waals surface area contributed by atoms with Gasteiger partial charge in [-0.1, -0.05) is 27.7 Å². The molecule has 1 atom stereocenters. The number of aryl methyl sites for hydroxylation is 1. The molecule has 116 valence electrons. The van der Waals surface area contributed by atoms with Gasteiger partial charge < -0.3 is 14.4 Å². The molecule has 1 saturated heterocycles. The molecule has 5 heteroatoms. The zero-order chi connectivity index (χ0) is 15.0. The van der Waals surface area contributed by atoms with Crippen LogP contribution in [0.3, 0.4) is 0 Å². The van der Waals surface area contributed by atoms with Crippen LogP contribution < -0.4 is 9.64 Å². The Kier molecular flexibility index (Phi) is 3.78. The molecule has 3 heterocycles. The van der Waals surface area contributed by atoms with Crippen LogP contribution in [-0.2, 0) is 16.6 Å². The maximum atomic E-state index is 6.06. The first-order chi connectivity index (χ1) is 9.99. The van der Waals surface area contributed by atoms with E-state index in [0.717, 1.165) is 55.8 Å². The highest BCUT2D eigenvalue weighted by Gasteiger charge is 2.31. The summed E-state index contributed by atoms with van der Waals surface area (Å²) < 4.78 is 11.7. The van der Waals surface area contributed by atoms with Crippen LogP contribution in [0.5, 0.6) is 5.75 Å². The van der Waals surface area contributed by atoms with Gasteiger partial charge in [-0.15, -0.1) is 0 Å². The molecule has 0 saturated carbocycles. The van der Waals surface area contributed by atoms with Gasteiger partial charge in [-0.05, 0) is 6.42 Å².